The normalized spacial score (nSPS) is 17.0. The summed E-state index contributed by atoms with van der Waals surface area (Å²) in [6.45, 7) is 5.56. The predicted octanol–water partition coefficient (Wildman–Crippen LogP) is 2.51. The van der Waals surface area contributed by atoms with Gasteiger partial charge in [-0.1, -0.05) is 6.92 Å². The van der Waals surface area contributed by atoms with Gasteiger partial charge in [0.25, 0.3) is 0 Å². The maximum atomic E-state index is 12.8. The molecule has 1 aliphatic heterocycles. The summed E-state index contributed by atoms with van der Waals surface area (Å²) in [4.78, 5) is 5.32. The molecule has 1 aliphatic rings. The van der Waals surface area contributed by atoms with Crippen LogP contribution in [0.1, 0.15) is 13.3 Å². The molecule has 0 bridgehead atoms. The van der Waals surface area contributed by atoms with Gasteiger partial charge in [0.2, 0.25) is 0 Å². The molecule has 1 aromatic carbocycles. The number of aliphatic imine (C=N–C) groups is 1. The minimum Gasteiger partial charge on any atom is -0.380 e. The van der Waals surface area contributed by atoms with E-state index in [9.17, 15) is 4.39 Å². The lowest BCUT2D eigenvalue weighted by atomic mass is 9.89. The second-order valence-corrected chi connectivity index (χ2v) is 6.98. The molecule has 0 atom stereocenters. The molecule has 0 unspecified atom stereocenters. The Morgan fingerprint density at radius 2 is 2.05 bits per heavy atom. The summed E-state index contributed by atoms with van der Waals surface area (Å²) in [6, 6.07) is 6.62. The van der Waals surface area contributed by atoms with E-state index in [0.29, 0.717) is 0 Å². The summed E-state index contributed by atoms with van der Waals surface area (Å²) in [6.07, 6.45) is 1.02. The van der Waals surface area contributed by atoms with Gasteiger partial charge in [-0.15, -0.1) is 11.8 Å². The molecule has 0 amide bonds. The van der Waals surface area contributed by atoms with Gasteiger partial charge in [-0.25, -0.2) is 4.39 Å². The Bertz CT molecular complexity index is 489. The lowest BCUT2D eigenvalue weighted by Crippen LogP contribution is -2.51. The molecule has 1 aromatic rings. The summed E-state index contributed by atoms with van der Waals surface area (Å²) in [5.41, 5.74) is 0.232. The average molecular weight is 325 g/mol. The van der Waals surface area contributed by atoms with E-state index in [1.165, 1.54) is 12.1 Å². The molecule has 1 saturated heterocycles. The maximum Gasteiger partial charge on any atom is 0.190 e. The van der Waals surface area contributed by atoms with E-state index in [1.54, 1.807) is 18.8 Å². The standard InChI is InChI=1S/C16H24FN3OS/c1-16(11-21-12-16)10-20-15(18-2)19-8-3-9-22-14-6-4-13(17)5-7-14/h4-7H,3,8-12H2,1-2H3,(H2,18,19,20). The minimum absolute atomic E-state index is 0.188. The van der Waals surface area contributed by atoms with Crippen molar-refractivity contribution in [3.05, 3.63) is 30.1 Å². The highest BCUT2D eigenvalue weighted by atomic mass is 32.2. The van der Waals surface area contributed by atoms with Gasteiger partial charge in [-0.2, -0.15) is 0 Å². The van der Waals surface area contributed by atoms with Gasteiger partial charge in [0.15, 0.2) is 5.96 Å². The molecule has 2 N–H and O–H groups in total. The highest BCUT2D eigenvalue weighted by Crippen LogP contribution is 2.24. The quantitative estimate of drug-likeness (QED) is 0.350. The molecule has 0 spiro atoms. The molecule has 4 nitrogen and oxygen atoms in total. The molecule has 0 aromatic heterocycles. The van der Waals surface area contributed by atoms with Gasteiger partial charge >= 0.3 is 0 Å². The van der Waals surface area contributed by atoms with Gasteiger partial charge in [-0.3, -0.25) is 4.99 Å². The number of hydrogen-bond donors (Lipinski definition) is 2. The fourth-order valence-electron chi connectivity index (χ4n) is 2.07. The first-order chi connectivity index (χ1) is 10.6. The van der Waals surface area contributed by atoms with Gasteiger partial charge < -0.3 is 15.4 Å². The first-order valence-electron chi connectivity index (χ1n) is 7.52. The Kier molecular flexibility index (Phi) is 6.51. The second-order valence-electron chi connectivity index (χ2n) is 5.81. The lowest BCUT2D eigenvalue weighted by molar-refractivity contribution is -0.0971. The molecule has 0 radical (unpaired) electrons. The Morgan fingerprint density at radius 1 is 1.32 bits per heavy atom. The van der Waals surface area contributed by atoms with Crippen molar-refractivity contribution in [2.24, 2.45) is 10.4 Å². The number of nitrogens with zero attached hydrogens (tertiary/aromatic N) is 1. The lowest BCUT2D eigenvalue weighted by Gasteiger charge is -2.38. The van der Waals surface area contributed by atoms with E-state index < -0.39 is 0 Å². The Balaban J connectivity index is 1.57. The summed E-state index contributed by atoms with van der Waals surface area (Å²) in [5.74, 6) is 1.63. The highest BCUT2D eigenvalue weighted by molar-refractivity contribution is 7.99. The summed E-state index contributed by atoms with van der Waals surface area (Å²) >= 11 is 1.74. The smallest absolute Gasteiger partial charge is 0.190 e. The Labute approximate surface area is 135 Å². The van der Waals surface area contributed by atoms with Gasteiger partial charge in [0.1, 0.15) is 5.82 Å². The summed E-state index contributed by atoms with van der Waals surface area (Å²) in [7, 11) is 1.78. The molecule has 1 heterocycles. The predicted molar refractivity (Wildman–Crippen MR) is 90.0 cm³/mol. The number of ether oxygens (including phenoxy) is 1. The fraction of sp³-hybridized carbons (Fsp3) is 0.562. The molecule has 0 aliphatic carbocycles. The zero-order chi connectivity index (χ0) is 15.8. The third-order valence-electron chi connectivity index (χ3n) is 3.50. The molecule has 2 rings (SSSR count). The first kappa shape index (κ1) is 17.1. The molecule has 122 valence electrons. The van der Waals surface area contributed by atoms with Gasteiger partial charge in [0, 0.05) is 30.4 Å². The van der Waals surface area contributed by atoms with Crippen molar-refractivity contribution in [3.63, 3.8) is 0 Å². The van der Waals surface area contributed by atoms with Crippen molar-refractivity contribution in [2.75, 3.05) is 39.1 Å². The van der Waals surface area contributed by atoms with Crippen molar-refractivity contribution in [1.82, 2.24) is 10.6 Å². The van der Waals surface area contributed by atoms with Crippen LogP contribution in [-0.4, -0.2) is 45.1 Å². The van der Waals surface area contributed by atoms with Crippen molar-refractivity contribution in [3.8, 4) is 0 Å². The van der Waals surface area contributed by atoms with Crippen molar-refractivity contribution in [2.45, 2.75) is 18.2 Å². The van der Waals surface area contributed by atoms with E-state index in [1.807, 2.05) is 12.1 Å². The summed E-state index contributed by atoms with van der Waals surface area (Å²) in [5, 5.41) is 6.65. The third-order valence-corrected chi connectivity index (χ3v) is 4.60. The number of nitrogens with one attached hydrogen (secondary N) is 2. The van der Waals surface area contributed by atoms with E-state index in [0.717, 1.165) is 49.3 Å². The molecule has 1 fully saturated rings. The number of hydrogen-bond acceptors (Lipinski definition) is 3. The van der Waals surface area contributed by atoms with Crippen LogP contribution >= 0.6 is 11.8 Å². The maximum absolute atomic E-state index is 12.8. The molecule has 0 saturated carbocycles. The molecule has 6 heteroatoms. The fourth-order valence-corrected chi connectivity index (χ4v) is 2.92. The summed E-state index contributed by atoms with van der Waals surface area (Å²) < 4.78 is 18.0. The number of rotatable bonds is 7. The van der Waals surface area contributed by atoms with E-state index >= 15 is 0 Å². The van der Waals surface area contributed by atoms with E-state index in [-0.39, 0.29) is 11.2 Å². The van der Waals surface area contributed by atoms with Crippen molar-refractivity contribution >= 4 is 17.7 Å². The van der Waals surface area contributed by atoms with Crippen LogP contribution in [0.15, 0.2) is 34.2 Å². The Hall–Kier alpha value is -1.27. The van der Waals surface area contributed by atoms with Crippen molar-refractivity contribution in [1.29, 1.82) is 0 Å². The molecule has 22 heavy (non-hydrogen) atoms. The van der Waals surface area contributed by atoms with Crippen LogP contribution in [0.4, 0.5) is 4.39 Å². The van der Waals surface area contributed by atoms with Crippen LogP contribution in [0.3, 0.4) is 0 Å². The largest absolute Gasteiger partial charge is 0.380 e. The number of guanidine groups is 1. The van der Waals surface area contributed by atoms with Crippen LogP contribution in [0, 0.1) is 11.2 Å². The number of thioether (sulfide) groups is 1. The molecular formula is C16H24FN3OS. The van der Waals surface area contributed by atoms with Crippen LogP contribution in [0.25, 0.3) is 0 Å². The second kappa shape index (κ2) is 8.39. The topological polar surface area (TPSA) is 45.7 Å². The van der Waals surface area contributed by atoms with E-state index in [4.69, 9.17) is 4.74 Å². The zero-order valence-electron chi connectivity index (χ0n) is 13.2. The van der Waals surface area contributed by atoms with Gasteiger partial charge in [-0.05, 0) is 36.4 Å². The third kappa shape index (κ3) is 5.50. The van der Waals surface area contributed by atoms with Crippen molar-refractivity contribution < 1.29 is 9.13 Å². The van der Waals surface area contributed by atoms with Crippen LogP contribution in [-0.2, 0) is 4.74 Å². The SMILES string of the molecule is CN=C(NCCCSc1ccc(F)cc1)NCC1(C)COC1. The number of halogens is 1. The van der Waals surface area contributed by atoms with Crippen LogP contribution < -0.4 is 10.6 Å². The highest BCUT2D eigenvalue weighted by Gasteiger charge is 2.33. The first-order valence-corrected chi connectivity index (χ1v) is 8.50. The monoisotopic (exact) mass is 325 g/mol. The number of benzene rings is 1. The minimum atomic E-state index is -0.188. The van der Waals surface area contributed by atoms with Crippen LogP contribution in [0.5, 0.6) is 0 Å². The average Bonchev–Trinajstić information content (AvgIpc) is 2.50. The van der Waals surface area contributed by atoms with Crippen LogP contribution in [0.2, 0.25) is 0 Å². The van der Waals surface area contributed by atoms with Gasteiger partial charge in [0.05, 0.1) is 13.2 Å². The Morgan fingerprint density at radius 3 is 2.64 bits per heavy atom. The zero-order valence-corrected chi connectivity index (χ0v) is 14.0. The van der Waals surface area contributed by atoms with E-state index in [2.05, 4.69) is 22.5 Å². The molecular weight excluding hydrogens is 301 g/mol.